The predicted octanol–water partition coefficient (Wildman–Crippen LogP) is 12.8. The fraction of sp³-hybridized carbons (Fsp3) is 0.887. The Labute approximate surface area is 542 Å². The molecular weight excluding hydrogens is 1150 g/mol. The van der Waals surface area contributed by atoms with Gasteiger partial charge in [-0.3, -0.25) is 38.4 Å². The number of ether oxygens (including phenoxy) is 8. The summed E-state index contributed by atoms with van der Waals surface area (Å²) < 4.78 is 43.1. The Morgan fingerprint density at radius 2 is 0.444 bits per heavy atom. The molecule has 90 heavy (non-hydrogen) atoms. The van der Waals surface area contributed by atoms with E-state index in [4.69, 9.17) is 37.9 Å². The number of esters is 8. The van der Waals surface area contributed by atoms with E-state index in [1.54, 1.807) is 0 Å². The van der Waals surface area contributed by atoms with Crippen LogP contribution in [0.25, 0.3) is 0 Å². The highest BCUT2D eigenvalue weighted by Gasteiger charge is 2.20. The van der Waals surface area contributed by atoms with Gasteiger partial charge in [0.25, 0.3) is 0 Å². The molecule has 0 radical (unpaired) electrons. The summed E-state index contributed by atoms with van der Waals surface area (Å²) in [5.74, 6) is 0.295. The van der Waals surface area contributed by atoms with E-state index < -0.39 is 23.9 Å². The molecule has 4 aliphatic rings. The van der Waals surface area contributed by atoms with Crippen molar-refractivity contribution in [2.45, 2.75) is 270 Å². The zero-order valence-electron chi connectivity index (χ0n) is 56.2. The molecule has 0 aromatic carbocycles. The molecule has 518 valence electrons. The third-order valence-corrected chi connectivity index (χ3v) is 18.9. The van der Waals surface area contributed by atoms with Crippen LogP contribution < -0.4 is 0 Å². The van der Waals surface area contributed by atoms with Gasteiger partial charge in [0.15, 0.2) is 0 Å². The zero-order chi connectivity index (χ0) is 64.3. The highest BCUT2D eigenvalue weighted by molar-refractivity contribution is 5.72. The maximum Gasteiger partial charge on any atom is 0.307 e. The number of hydrogen-bond donors (Lipinski definition) is 0. The molecular formula is C71H123N3O16. The maximum absolute atomic E-state index is 12.9. The first-order valence-electron chi connectivity index (χ1n) is 36.3. The second kappa shape index (κ2) is 52.1. The van der Waals surface area contributed by atoms with Crippen molar-refractivity contribution in [1.29, 1.82) is 0 Å². The van der Waals surface area contributed by atoms with E-state index in [9.17, 15) is 38.4 Å². The Bertz CT molecular complexity index is 1680. The van der Waals surface area contributed by atoms with Crippen molar-refractivity contribution in [3.05, 3.63) is 0 Å². The van der Waals surface area contributed by atoms with Gasteiger partial charge in [-0.25, -0.2) is 0 Å². The van der Waals surface area contributed by atoms with Crippen LogP contribution in [0.15, 0.2) is 0 Å². The lowest BCUT2D eigenvalue weighted by atomic mass is 9.86. The number of nitrogens with zero attached hydrogens (tertiary/aromatic N) is 3. The molecule has 0 saturated heterocycles. The third-order valence-electron chi connectivity index (χ3n) is 18.9. The van der Waals surface area contributed by atoms with Gasteiger partial charge < -0.3 is 52.6 Å². The molecule has 19 heteroatoms. The Morgan fingerprint density at radius 1 is 0.244 bits per heavy atom. The van der Waals surface area contributed by atoms with Crippen molar-refractivity contribution in [1.82, 2.24) is 14.7 Å². The fourth-order valence-electron chi connectivity index (χ4n) is 13.4. The number of hydrogen-bond acceptors (Lipinski definition) is 19. The fourth-order valence-corrected chi connectivity index (χ4v) is 13.4. The summed E-state index contributed by atoms with van der Waals surface area (Å²) in [4.78, 5) is 107. The summed E-state index contributed by atoms with van der Waals surface area (Å²) in [6.07, 6.45) is 41.3. The zero-order valence-corrected chi connectivity index (χ0v) is 56.2. The van der Waals surface area contributed by atoms with E-state index in [2.05, 4.69) is 4.90 Å². The second-order valence-electron chi connectivity index (χ2n) is 26.5. The van der Waals surface area contributed by atoms with Crippen LogP contribution in [0.5, 0.6) is 0 Å². The summed E-state index contributed by atoms with van der Waals surface area (Å²) in [6, 6.07) is 0. The molecule has 0 unspecified atom stereocenters. The first kappa shape index (κ1) is 78.1. The van der Waals surface area contributed by atoms with Gasteiger partial charge in [0.1, 0.15) is 52.9 Å². The van der Waals surface area contributed by atoms with Crippen molar-refractivity contribution in [3.8, 4) is 0 Å². The van der Waals surface area contributed by atoms with E-state index in [1.165, 1.54) is 128 Å². The molecule has 0 atom stereocenters. The Balaban J connectivity index is 1.17. The summed E-state index contributed by atoms with van der Waals surface area (Å²) >= 11 is 0. The SMILES string of the molecule is CN(CCCN(CCC(=O)OCCOC(=O)CCCCC1CCCCC1)CCC(=O)OCCOC(=O)CCCCC1CCCCC1)CCCN(CCC(=O)OCCOC(=O)CCCCC1CCCCC1)CCC(=O)OCCOC(=O)CCCCC1CCCCC1. The largest absolute Gasteiger partial charge is 0.462 e. The molecule has 0 spiro atoms. The number of carbonyl (C=O) groups excluding carboxylic acids is 8. The van der Waals surface area contributed by atoms with Crippen LogP contribution >= 0.6 is 0 Å². The van der Waals surface area contributed by atoms with E-state index in [0.29, 0.717) is 78.0 Å². The lowest BCUT2D eigenvalue weighted by molar-refractivity contribution is -0.153. The molecule has 0 amide bonds. The normalized spacial score (nSPS) is 16.2. The topological polar surface area (TPSA) is 220 Å². The van der Waals surface area contributed by atoms with Crippen molar-refractivity contribution in [2.24, 2.45) is 23.7 Å². The Morgan fingerprint density at radius 3 is 0.656 bits per heavy atom. The first-order chi connectivity index (χ1) is 43.9. The molecule has 0 heterocycles. The van der Waals surface area contributed by atoms with Gasteiger partial charge in [0.2, 0.25) is 0 Å². The summed E-state index contributed by atoms with van der Waals surface area (Å²) in [7, 11) is 2.02. The van der Waals surface area contributed by atoms with E-state index >= 15 is 0 Å². The van der Waals surface area contributed by atoms with Gasteiger partial charge in [-0.15, -0.1) is 0 Å². The summed E-state index contributed by atoms with van der Waals surface area (Å²) in [5.41, 5.74) is 0. The second-order valence-corrected chi connectivity index (χ2v) is 26.5. The highest BCUT2D eigenvalue weighted by atomic mass is 16.6. The standard InChI is InChI=1S/C71H123N3O16/c1-72(44-22-46-73(48-40-68(79)87-56-52-83-64(75)36-18-14-32-60-24-6-2-7-25-60)49-41-69(80)88-57-53-84-65(76)37-19-15-33-61-26-8-3-9-27-61)45-23-47-74(50-42-70(81)89-58-54-85-66(77)38-20-16-34-62-28-10-4-11-29-62)51-43-71(82)90-59-55-86-67(78)39-21-17-35-63-30-12-5-13-31-63/h60-63H,2-59H2,1H3. The monoisotopic (exact) mass is 1270 g/mol. The highest BCUT2D eigenvalue weighted by Crippen LogP contribution is 2.31. The van der Waals surface area contributed by atoms with Gasteiger partial charge in [0, 0.05) is 51.9 Å². The van der Waals surface area contributed by atoms with Gasteiger partial charge in [-0.1, -0.05) is 180 Å². The molecule has 4 rings (SSSR count). The smallest absolute Gasteiger partial charge is 0.307 e. The average molecular weight is 1270 g/mol. The van der Waals surface area contributed by atoms with Gasteiger partial charge in [-0.2, -0.15) is 0 Å². The minimum Gasteiger partial charge on any atom is -0.462 e. The molecule has 0 aromatic heterocycles. The van der Waals surface area contributed by atoms with Crippen LogP contribution in [0.3, 0.4) is 0 Å². The van der Waals surface area contributed by atoms with Crippen LogP contribution in [-0.4, -0.2) is 175 Å². The van der Waals surface area contributed by atoms with Crippen LogP contribution in [0.4, 0.5) is 0 Å². The van der Waals surface area contributed by atoms with Crippen molar-refractivity contribution >= 4 is 47.8 Å². The summed E-state index contributed by atoms with van der Waals surface area (Å²) in [6.45, 7) is 3.82. The first-order valence-corrected chi connectivity index (χ1v) is 36.3. The van der Waals surface area contributed by atoms with Crippen LogP contribution in [-0.2, 0) is 76.3 Å². The molecule has 0 N–H and O–H groups in total. The third kappa shape index (κ3) is 42.7. The van der Waals surface area contributed by atoms with E-state index in [0.717, 1.165) is 114 Å². The number of rotatable bonds is 52. The molecule has 0 aromatic rings. The van der Waals surface area contributed by atoms with Gasteiger partial charge in [0.05, 0.1) is 25.7 Å². The molecule has 4 aliphatic carbocycles. The maximum atomic E-state index is 12.9. The quantitative estimate of drug-likeness (QED) is 0.0314. The van der Waals surface area contributed by atoms with Crippen molar-refractivity contribution < 1.29 is 76.3 Å². The van der Waals surface area contributed by atoms with Crippen molar-refractivity contribution in [3.63, 3.8) is 0 Å². The van der Waals surface area contributed by atoms with Crippen LogP contribution in [0.2, 0.25) is 0 Å². The lowest BCUT2D eigenvalue weighted by Crippen LogP contribution is -2.34. The van der Waals surface area contributed by atoms with Gasteiger partial charge in [-0.05, 0) is 95.4 Å². The lowest BCUT2D eigenvalue weighted by Gasteiger charge is -2.25. The summed E-state index contributed by atoms with van der Waals surface area (Å²) in [5, 5.41) is 0. The molecule has 4 saturated carbocycles. The van der Waals surface area contributed by atoms with E-state index in [1.807, 2.05) is 16.8 Å². The molecule has 4 fully saturated rings. The molecule has 0 aliphatic heterocycles. The average Bonchev–Trinajstić information content (AvgIpc) is 3.66. The van der Waals surface area contributed by atoms with Crippen molar-refractivity contribution in [2.75, 3.05) is 112 Å². The number of carbonyl (C=O) groups is 8. The molecule has 19 nitrogen and oxygen atoms in total. The van der Waals surface area contributed by atoms with E-state index in [-0.39, 0.29) is 102 Å². The Kier molecular flexibility index (Phi) is 45.2. The minimum absolute atomic E-state index is 0.00186. The minimum atomic E-state index is -0.428. The number of unbranched alkanes of at least 4 members (excludes halogenated alkanes) is 4. The predicted molar refractivity (Wildman–Crippen MR) is 346 cm³/mol. The Hall–Kier alpha value is -4.36. The van der Waals surface area contributed by atoms with Crippen LogP contribution in [0, 0.1) is 23.7 Å². The van der Waals surface area contributed by atoms with Gasteiger partial charge >= 0.3 is 47.8 Å². The van der Waals surface area contributed by atoms with Crippen LogP contribution in [0.1, 0.15) is 270 Å². The molecule has 0 bridgehead atoms.